The van der Waals surface area contributed by atoms with Gasteiger partial charge >= 0.3 is 0 Å². The van der Waals surface area contributed by atoms with Gasteiger partial charge in [-0.3, -0.25) is 28.9 Å². The van der Waals surface area contributed by atoms with Crippen LogP contribution < -0.4 is 26.5 Å². The van der Waals surface area contributed by atoms with Crippen molar-refractivity contribution < 1.29 is 23.9 Å². The number of nitrogens with one attached hydrogen (secondary N) is 4. The predicted molar refractivity (Wildman–Crippen MR) is 151 cm³/mol. The summed E-state index contributed by atoms with van der Waals surface area (Å²) in [4.78, 5) is 53.9. The zero-order chi connectivity index (χ0) is 29.9. The van der Waals surface area contributed by atoms with Gasteiger partial charge in [-0.15, -0.1) is 0 Å². The summed E-state index contributed by atoms with van der Waals surface area (Å²) < 4.78 is 14.9. The molecule has 4 heterocycles. The predicted octanol–water partition coefficient (Wildman–Crippen LogP) is 0.951. The highest BCUT2D eigenvalue weighted by atomic mass is 31.1. The molecule has 6 rings (SSSR count). The summed E-state index contributed by atoms with van der Waals surface area (Å²) in [6.07, 6.45) is 2.81. The third-order valence-corrected chi connectivity index (χ3v) is 8.44. The number of halogens is 1. The molecule has 1 aromatic heterocycles. The molecule has 1 unspecified atom stereocenters. The summed E-state index contributed by atoms with van der Waals surface area (Å²) >= 11 is 0. The van der Waals surface area contributed by atoms with Crippen LogP contribution in [-0.2, 0) is 28.2 Å². The molecule has 1 fully saturated rings. The zero-order valence-electron chi connectivity index (χ0n) is 23.3. The number of amides is 3. The van der Waals surface area contributed by atoms with Crippen LogP contribution in [-0.4, -0.2) is 57.7 Å². The highest BCUT2D eigenvalue weighted by Gasteiger charge is 2.53. The van der Waals surface area contributed by atoms with E-state index in [0.29, 0.717) is 43.2 Å². The Labute approximate surface area is 237 Å². The fraction of sp³-hybridized carbons (Fsp3) is 0.462. The molecule has 3 aliphatic heterocycles. The molecule has 1 aromatic carbocycles. The number of hydrogen-bond donors (Lipinski definition) is 5. The van der Waals surface area contributed by atoms with Crippen LogP contribution >= 0.6 is 8.88 Å². The van der Waals surface area contributed by atoms with E-state index in [9.17, 15) is 28.7 Å². The quantitative estimate of drug-likeness (QED) is 0.245. The minimum Gasteiger partial charge on any atom is -0.501 e. The molecule has 1 atom stereocenters. The van der Waals surface area contributed by atoms with Crippen molar-refractivity contribution >= 4 is 32.9 Å². The largest absolute Gasteiger partial charge is 0.501 e. The van der Waals surface area contributed by atoms with E-state index in [1.54, 1.807) is 27.1 Å². The third kappa shape index (κ3) is 5.88. The van der Waals surface area contributed by atoms with Crippen molar-refractivity contribution in [2.24, 2.45) is 10.5 Å². The number of aromatic nitrogens is 2. The van der Waals surface area contributed by atoms with Crippen molar-refractivity contribution in [2.45, 2.75) is 58.2 Å². The molecule has 41 heavy (non-hydrogen) atoms. The maximum absolute atomic E-state index is 13.5. The van der Waals surface area contributed by atoms with Crippen LogP contribution in [0.1, 0.15) is 60.0 Å². The molecule has 15 heteroatoms. The Balaban J connectivity index is 0.000000585. The second kappa shape index (κ2) is 11.8. The Morgan fingerprint density at radius 2 is 1.95 bits per heavy atom. The molecular weight excluding hydrogens is 554 g/mol. The van der Waals surface area contributed by atoms with Crippen molar-refractivity contribution in [2.75, 3.05) is 14.1 Å². The maximum atomic E-state index is 13.5. The van der Waals surface area contributed by atoms with E-state index in [1.165, 1.54) is 28.5 Å². The van der Waals surface area contributed by atoms with Crippen LogP contribution in [0.25, 0.3) is 0 Å². The van der Waals surface area contributed by atoms with E-state index >= 15 is 0 Å². The zero-order valence-corrected chi connectivity index (χ0v) is 24.3. The van der Waals surface area contributed by atoms with Gasteiger partial charge in [-0.05, 0) is 49.8 Å². The number of rotatable bonds is 6. The topological polar surface area (TPSA) is 170 Å². The molecule has 0 radical (unpaired) electrons. The number of amidine groups is 1. The van der Waals surface area contributed by atoms with Crippen molar-refractivity contribution in [3.63, 3.8) is 0 Å². The second-order valence-electron chi connectivity index (χ2n) is 10.7. The number of benzene rings is 1. The van der Waals surface area contributed by atoms with Crippen molar-refractivity contribution in [1.29, 1.82) is 0 Å². The van der Waals surface area contributed by atoms with Crippen LogP contribution in [0.2, 0.25) is 0 Å². The first kappa shape index (κ1) is 29.9. The molecule has 1 saturated carbocycles. The van der Waals surface area contributed by atoms with E-state index in [2.05, 4.69) is 31.0 Å². The first-order valence-corrected chi connectivity index (χ1v) is 14.0. The van der Waals surface area contributed by atoms with Gasteiger partial charge in [-0.25, -0.2) is 9.37 Å². The average molecular weight is 589 g/mol. The number of nitrogens with zero attached hydrogens (tertiary/aromatic N) is 4. The average Bonchev–Trinajstić information content (AvgIpc) is 3.41. The monoisotopic (exact) mass is 588 g/mol. The molecule has 4 aliphatic rings. The lowest BCUT2D eigenvalue weighted by Gasteiger charge is -2.41. The van der Waals surface area contributed by atoms with Gasteiger partial charge in [0.25, 0.3) is 11.5 Å². The SMILES string of the molecule is CC(=O)N(C)C.Cc1cc(CNC(=O)c2nc3n(c(=O)c2O)CC2(C4=NNPN4)CCC3(NC=O)CC2)ccc1F. The molecule has 5 N–H and O–H groups in total. The lowest BCUT2D eigenvalue weighted by molar-refractivity contribution is -0.126. The van der Waals surface area contributed by atoms with Crippen LogP contribution in [0, 0.1) is 18.2 Å². The second-order valence-corrected chi connectivity index (χ2v) is 11.4. The molecule has 1 aliphatic carbocycles. The highest BCUT2D eigenvalue weighted by molar-refractivity contribution is 7.34. The van der Waals surface area contributed by atoms with E-state index in [4.69, 9.17) is 0 Å². The van der Waals surface area contributed by atoms with Gasteiger partial charge in [0.05, 0.1) is 14.4 Å². The number of carbonyl (C=O) groups excluding carboxylic acids is 3. The number of hydrazone groups is 1. The van der Waals surface area contributed by atoms with Gasteiger partial charge in [0.1, 0.15) is 17.5 Å². The van der Waals surface area contributed by atoms with E-state index < -0.39 is 33.9 Å². The van der Waals surface area contributed by atoms with Crippen molar-refractivity contribution in [3.05, 3.63) is 57.0 Å². The number of hydrogen-bond acceptors (Lipinski definition) is 9. The highest BCUT2D eigenvalue weighted by Crippen LogP contribution is 2.50. The van der Waals surface area contributed by atoms with E-state index in [1.807, 2.05) is 0 Å². The summed E-state index contributed by atoms with van der Waals surface area (Å²) in [7, 11) is 3.68. The Hall–Kier alpha value is -4.06. The summed E-state index contributed by atoms with van der Waals surface area (Å²) in [6, 6.07) is 4.45. The lowest BCUT2D eigenvalue weighted by atomic mass is 9.68. The van der Waals surface area contributed by atoms with Crippen LogP contribution in [0.5, 0.6) is 5.75 Å². The van der Waals surface area contributed by atoms with Crippen LogP contribution in [0.3, 0.4) is 0 Å². The van der Waals surface area contributed by atoms with Gasteiger partial charge in [0, 0.05) is 39.5 Å². The fourth-order valence-corrected chi connectivity index (χ4v) is 5.88. The molecular formula is C26H34FN8O5P. The first-order valence-electron chi connectivity index (χ1n) is 13.0. The Bertz CT molecular complexity index is 1450. The van der Waals surface area contributed by atoms with Crippen molar-refractivity contribution in [1.82, 2.24) is 35.4 Å². The van der Waals surface area contributed by atoms with Gasteiger partial charge < -0.3 is 25.7 Å². The van der Waals surface area contributed by atoms with Crippen LogP contribution in [0.4, 0.5) is 4.39 Å². The summed E-state index contributed by atoms with van der Waals surface area (Å²) in [5.74, 6) is -0.786. The molecule has 2 bridgehead atoms. The Morgan fingerprint density at radius 3 is 2.51 bits per heavy atom. The van der Waals surface area contributed by atoms with Gasteiger partial charge in [-0.2, -0.15) is 5.10 Å². The third-order valence-electron chi connectivity index (χ3n) is 7.86. The van der Waals surface area contributed by atoms with E-state index in [0.717, 1.165) is 5.84 Å². The molecule has 220 valence electrons. The molecule has 13 nitrogen and oxygen atoms in total. The summed E-state index contributed by atoms with van der Waals surface area (Å²) in [5.41, 5.74) is -1.51. The molecule has 0 saturated heterocycles. The molecule has 2 aromatic rings. The Morgan fingerprint density at radius 1 is 1.27 bits per heavy atom. The summed E-state index contributed by atoms with van der Waals surface area (Å²) in [6.45, 7) is 3.41. The van der Waals surface area contributed by atoms with Crippen LogP contribution in [0.15, 0.2) is 28.1 Å². The van der Waals surface area contributed by atoms with Gasteiger partial charge in [0.15, 0.2) is 5.69 Å². The number of aryl methyl sites for hydroxylation is 1. The minimum atomic E-state index is -0.952. The number of aromatic hydroxyl groups is 1. The molecule has 0 spiro atoms. The summed E-state index contributed by atoms with van der Waals surface area (Å²) in [5, 5.41) is 26.7. The van der Waals surface area contributed by atoms with Gasteiger partial charge in [0.2, 0.25) is 18.1 Å². The van der Waals surface area contributed by atoms with Gasteiger partial charge in [-0.1, -0.05) is 12.1 Å². The number of fused-ring (bicyclic) bond motifs is 2. The normalized spacial score (nSPS) is 22.6. The smallest absolute Gasteiger partial charge is 0.296 e. The lowest BCUT2D eigenvalue weighted by Crippen LogP contribution is -2.49. The maximum Gasteiger partial charge on any atom is 0.296 e. The Kier molecular flexibility index (Phi) is 8.62. The molecule has 3 amide bonds. The van der Waals surface area contributed by atoms with E-state index in [-0.39, 0.29) is 39.5 Å². The fourth-order valence-electron chi connectivity index (χ4n) is 5.22. The minimum absolute atomic E-state index is 0.0552. The number of carbonyl (C=O) groups is 3. The van der Waals surface area contributed by atoms with Crippen molar-refractivity contribution in [3.8, 4) is 5.75 Å². The first-order chi connectivity index (χ1) is 19.4. The standard InChI is InChI=1S/C22H25FN7O4P.C4H9NO/c1-12-8-13(2-3-14(12)23)9-24-17(33)15-16(32)18(34)30-10-21(19-27-29-35-28-19)4-6-22(7-5-21,25-11-31)20(30)26-15;1-4(6)5(2)3/h2-3,8,11,29,32,35H,4-7,9-10H2,1H3,(H,24,33)(H,25,31)(H,27,28);1-3H3.